The van der Waals surface area contributed by atoms with Crippen LogP contribution in [0, 0.1) is 0 Å². The number of carbonyl (C=O) groups is 2. The largest absolute Gasteiger partial charge is 0.388 e. The molecule has 1 aliphatic rings. The number of anilines is 1. The van der Waals surface area contributed by atoms with Crippen LogP contribution in [0.3, 0.4) is 0 Å². The Morgan fingerprint density at radius 3 is 2.33 bits per heavy atom. The average molecular weight is 330 g/mol. The quantitative estimate of drug-likeness (QED) is 0.574. The van der Waals surface area contributed by atoms with E-state index in [0.29, 0.717) is 6.54 Å². The zero-order valence-electron chi connectivity index (χ0n) is 14.2. The highest BCUT2D eigenvalue weighted by Gasteiger charge is 2.27. The molecule has 0 radical (unpaired) electrons. The fourth-order valence-corrected chi connectivity index (χ4v) is 2.93. The van der Waals surface area contributed by atoms with E-state index in [0.717, 1.165) is 49.8 Å². The monoisotopic (exact) mass is 330 g/mol. The second kappa shape index (κ2) is 8.64. The van der Waals surface area contributed by atoms with Gasteiger partial charge in [0.2, 0.25) is 11.8 Å². The molecule has 0 atom stereocenters. The van der Waals surface area contributed by atoms with Gasteiger partial charge in [-0.05, 0) is 36.6 Å². The van der Waals surface area contributed by atoms with E-state index in [1.165, 1.54) is 13.0 Å². The number of benzene rings is 1. The summed E-state index contributed by atoms with van der Waals surface area (Å²) in [6.07, 6.45) is 9.03. The minimum atomic E-state index is -0.764. The summed E-state index contributed by atoms with van der Waals surface area (Å²) >= 11 is 0. The van der Waals surface area contributed by atoms with Crippen LogP contribution in [0.5, 0.6) is 0 Å². The van der Waals surface area contributed by atoms with E-state index >= 15 is 0 Å². The lowest BCUT2D eigenvalue weighted by atomic mass is 9.94. The predicted octanol–water partition coefficient (Wildman–Crippen LogP) is 2.86. The molecule has 2 rings (SSSR count). The molecule has 1 aromatic rings. The van der Waals surface area contributed by atoms with Crippen molar-refractivity contribution in [3.63, 3.8) is 0 Å². The van der Waals surface area contributed by atoms with Gasteiger partial charge in [-0.1, -0.05) is 37.8 Å². The van der Waals surface area contributed by atoms with E-state index in [-0.39, 0.29) is 11.8 Å². The van der Waals surface area contributed by atoms with Crippen molar-refractivity contribution in [3.05, 3.63) is 35.9 Å². The molecule has 0 unspecified atom stereocenters. The third kappa shape index (κ3) is 6.16. The number of nitrogens with one attached hydrogen (secondary N) is 2. The first-order valence-corrected chi connectivity index (χ1v) is 8.53. The number of carbonyl (C=O) groups excluding carboxylic acids is 2. The van der Waals surface area contributed by atoms with Crippen molar-refractivity contribution in [2.75, 3.05) is 11.9 Å². The fraction of sp³-hybridized carbons (Fsp3) is 0.474. The van der Waals surface area contributed by atoms with Crippen LogP contribution in [-0.2, 0) is 9.59 Å². The van der Waals surface area contributed by atoms with Crippen molar-refractivity contribution in [2.24, 2.45) is 0 Å². The fourth-order valence-electron chi connectivity index (χ4n) is 2.93. The maximum absolute atomic E-state index is 11.9. The van der Waals surface area contributed by atoms with Crippen LogP contribution >= 0.6 is 0 Å². The average Bonchev–Trinajstić information content (AvgIpc) is 2.77. The van der Waals surface area contributed by atoms with Crippen molar-refractivity contribution in [1.82, 2.24) is 5.32 Å². The Morgan fingerprint density at radius 2 is 1.75 bits per heavy atom. The lowest BCUT2D eigenvalue weighted by Crippen LogP contribution is -2.42. The standard InChI is InChI=1S/C19H26N2O3/c1-15(22)21-17-9-6-16(7-10-17)8-11-18(23)20-14-19(24)12-4-2-3-5-13-19/h6-11,24H,2-5,12-14H2,1H3,(H,20,23)(H,21,22). The molecule has 1 fully saturated rings. The highest BCUT2D eigenvalue weighted by Crippen LogP contribution is 2.26. The number of amides is 2. The maximum atomic E-state index is 11.9. The van der Waals surface area contributed by atoms with Crippen LogP contribution in [-0.4, -0.2) is 29.1 Å². The van der Waals surface area contributed by atoms with Crippen LogP contribution < -0.4 is 10.6 Å². The van der Waals surface area contributed by atoms with Gasteiger partial charge in [-0.15, -0.1) is 0 Å². The Morgan fingerprint density at radius 1 is 1.12 bits per heavy atom. The SMILES string of the molecule is CC(=O)Nc1ccc(C=CC(=O)NCC2(O)CCCCCC2)cc1. The highest BCUT2D eigenvalue weighted by atomic mass is 16.3. The van der Waals surface area contributed by atoms with Crippen molar-refractivity contribution in [1.29, 1.82) is 0 Å². The molecule has 1 aliphatic carbocycles. The summed E-state index contributed by atoms with van der Waals surface area (Å²) in [5, 5.41) is 16.0. The lowest BCUT2D eigenvalue weighted by Gasteiger charge is -2.26. The van der Waals surface area contributed by atoms with Gasteiger partial charge in [-0.25, -0.2) is 0 Å². The third-order valence-electron chi connectivity index (χ3n) is 4.28. The summed E-state index contributed by atoms with van der Waals surface area (Å²) in [6, 6.07) is 7.22. The van der Waals surface area contributed by atoms with E-state index < -0.39 is 5.60 Å². The summed E-state index contributed by atoms with van der Waals surface area (Å²) < 4.78 is 0. The Kier molecular flexibility index (Phi) is 6.55. The van der Waals surface area contributed by atoms with Gasteiger partial charge in [0.05, 0.1) is 5.60 Å². The number of rotatable bonds is 5. The second-order valence-corrected chi connectivity index (χ2v) is 6.49. The van der Waals surface area contributed by atoms with Gasteiger partial charge in [0.25, 0.3) is 0 Å². The molecule has 5 heteroatoms. The van der Waals surface area contributed by atoms with Gasteiger partial charge in [0.1, 0.15) is 0 Å². The molecule has 130 valence electrons. The minimum Gasteiger partial charge on any atom is -0.388 e. The maximum Gasteiger partial charge on any atom is 0.244 e. The molecular formula is C19H26N2O3. The third-order valence-corrected chi connectivity index (χ3v) is 4.28. The van der Waals surface area contributed by atoms with Gasteiger partial charge in [-0.2, -0.15) is 0 Å². The van der Waals surface area contributed by atoms with E-state index in [4.69, 9.17) is 0 Å². The van der Waals surface area contributed by atoms with Gasteiger partial charge in [0.15, 0.2) is 0 Å². The second-order valence-electron chi connectivity index (χ2n) is 6.49. The topological polar surface area (TPSA) is 78.4 Å². The van der Waals surface area contributed by atoms with Crippen LogP contribution in [0.1, 0.15) is 51.0 Å². The zero-order valence-corrected chi connectivity index (χ0v) is 14.2. The van der Waals surface area contributed by atoms with Crippen LogP contribution in [0.15, 0.2) is 30.3 Å². The Labute approximate surface area is 143 Å². The summed E-state index contributed by atoms with van der Waals surface area (Å²) in [5.74, 6) is -0.326. The van der Waals surface area contributed by atoms with Gasteiger partial charge >= 0.3 is 0 Å². The molecule has 0 aromatic heterocycles. The molecule has 0 saturated heterocycles. The summed E-state index contributed by atoms with van der Waals surface area (Å²) in [7, 11) is 0. The van der Waals surface area contributed by atoms with Crippen LogP contribution in [0.2, 0.25) is 0 Å². The molecule has 0 bridgehead atoms. The Bertz CT molecular complexity index is 585. The summed E-state index contributed by atoms with van der Waals surface area (Å²) in [4.78, 5) is 22.9. The van der Waals surface area contributed by atoms with Gasteiger partial charge in [0, 0.05) is 25.2 Å². The lowest BCUT2D eigenvalue weighted by molar-refractivity contribution is -0.118. The molecule has 3 N–H and O–H groups in total. The molecule has 2 amide bonds. The Balaban J connectivity index is 1.82. The van der Waals surface area contributed by atoms with Crippen LogP contribution in [0.4, 0.5) is 5.69 Å². The van der Waals surface area contributed by atoms with Gasteiger partial charge in [-0.3, -0.25) is 9.59 Å². The highest BCUT2D eigenvalue weighted by molar-refractivity contribution is 5.92. The van der Waals surface area contributed by atoms with Crippen molar-refractivity contribution < 1.29 is 14.7 Å². The first-order valence-electron chi connectivity index (χ1n) is 8.53. The summed E-state index contributed by atoms with van der Waals surface area (Å²) in [5.41, 5.74) is 0.826. The van der Waals surface area contributed by atoms with Crippen molar-refractivity contribution >= 4 is 23.6 Å². The number of aliphatic hydroxyl groups is 1. The molecule has 0 spiro atoms. The normalized spacial score (nSPS) is 17.2. The first-order chi connectivity index (χ1) is 11.5. The summed E-state index contributed by atoms with van der Waals surface area (Å²) in [6.45, 7) is 1.76. The smallest absolute Gasteiger partial charge is 0.244 e. The Hall–Kier alpha value is -2.14. The zero-order chi connectivity index (χ0) is 17.4. The molecule has 1 aromatic carbocycles. The number of hydrogen-bond donors (Lipinski definition) is 3. The predicted molar refractivity (Wildman–Crippen MR) is 95.4 cm³/mol. The van der Waals surface area contributed by atoms with E-state index in [1.54, 1.807) is 18.2 Å². The van der Waals surface area contributed by atoms with E-state index in [9.17, 15) is 14.7 Å². The molecule has 1 saturated carbocycles. The van der Waals surface area contributed by atoms with Crippen molar-refractivity contribution in [2.45, 2.75) is 51.0 Å². The van der Waals surface area contributed by atoms with E-state index in [2.05, 4.69) is 10.6 Å². The minimum absolute atomic E-state index is 0.117. The van der Waals surface area contributed by atoms with Crippen molar-refractivity contribution in [3.8, 4) is 0 Å². The molecule has 0 heterocycles. The number of hydrogen-bond acceptors (Lipinski definition) is 3. The van der Waals surface area contributed by atoms with Gasteiger partial charge < -0.3 is 15.7 Å². The molecule has 24 heavy (non-hydrogen) atoms. The molecule has 5 nitrogen and oxygen atoms in total. The molecular weight excluding hydrogens is 304 g/mol. The van der Waals surface area contributed by atoms with Crippen LogP contribution in [0.25, 0.3) is 6.08 Å². The molecule has 0 aliphatic heterocycles. The van der Waals surface area contributed by atoms with E-state index in [1.807, 2.05) is 12.1 Å². The first kappa shape index (κ1) is 18.2.